The van der Waals surface area contributed by atoms with Gasteiger partial charge in [0.1, 0.15) is 12.4 Å². The summed E-state index contributed by atoms with van der Waals surface area (Å²) in [7, 11) is -0.819. The largest absolute Gasteiger partial charge is 0.492 e. The Balaban J connectivity index is 1.85. The molecule has 102 valence electrons. The van der Waals surface area contributed by atoms with Gasteiger partial charge in [-0.25, -0.2) is 0 Å². The Morgan fingerprint density at radius 3 is 2.75 bits per heavy atom. The summed E-state index contributed by atoms with van der Waals surface area (Å²) < 4.78 is 11.2. The third-order valence-corrected chi connectivity index (χ3v) is 3.64. The van der Waals surface area contributed by atoms with Crippen LogP contribution in [0.4, 0.5) is 0 Å². The van der Waals surface area contributed by atoms with E-state index < -0.39 is 7.12 Å². The lowest BCUT2D eigenvalue weighted by atomic mass is 9.75. The summed E-state index contributed by atoms with van der Waals surface area (Å²) >= 11 is 0. The predicted molar refractivity (Wildman–Crippen MR) is 79.0 cm³/mol. The first-order valence-corrected chi connectivity index (χ1v) is 6.90. The fourth-order valence-corrected chi connectivity index (χ4v) is 2.61. The molecule has 3 rings (SSSR count). The van der Waals surface area contributed by atoms with E-state index in [-0.39, 0.29) is 0 Å². The van der Waals surface area contributed by atoms with Crippen LogP contribution < -0.4 is 10.2 Å². The van der Waals surface area contributed by atoms with Gasteiger partial charge in [-0.05, 0) is 34.6 Å². The molecule has 0 aliphatic carbocycles. The molecule has 0 saturated heterocycles. The minimum atomic E-state index is -0.819. The summed E-state index contributed by atoms with van der Waals surface area (Å²) in [6, 6.07) is 14.0. The van der Waals surface area contributed by atoms with E-state index in [0.717, 1.165) is 34.3 Å². The molecule has 1 N–H and O–H groups in total. The molecule has 0 fully saturated rings. The van der Waals surface area contributed by atoms with Crippen molar-refractivity contribution in [1.82, 2.24) is 0 Å². The number of ether oxygens (including phenoxy) is 1. The van der Waals surface area contributed by atoms with Gasteiger partial charge in [0.2, 0.25) is 0 Å². The molecule has 4 heteroatoms. The Morgan fingerprint density at radius 2 is 2.00 bits per heavy atom. The zero-order chi connectivity index (χ0) is 13.9. The van der Waals surface area contributed by atoms with Gasteiger partial charge in [-0.15, -0.1) is 0 Å². The van der Waals surface area contributed by atoms with Gasteiger partial charge < -0.3 is 14.4 Å². The van der Waals surface area contributed by atoms with Crippen molar-refractivity contribution in [1.29, 1.82) is 0 Å². The van der Waals surface area contributed by atoms with Crippen LogP contribution in [0.25, 0.3) is 0 Å². The summed E-state index contributed by atoms with van der Waals surface area (Å²) in [6.45, 7) is 3.07. The highest BCUT2D eigenvalue weighted by Crippen LogP contribution is 2.24. The number of hydrogen-bond donors (Lipinski definition) is 1. The first-order valence-electron chi connectivity index (χ1n) is 6.90. The molecule has 2 aromatic carbocycles. The second-order valence-corrected chi connectivity index (χ2v) is 4.91. The fraction of sp³-hybridized carbons (Fsp3) is 0.250. The third-order valence-electron chi connectivity index (χ3n) is 3.64. The van der Waals surface area contributed by atoms with Crippen molar-refractivity contribution in [2.45, 2.75) is 26.6 Å². The Hall–Kier alpha value is -1.78. The molecule has 1 heterocycles. The van der Waals surface area contributed by atoms with Crippen molar-refractivity contribution in [3.63, 3.8) is 0 Å². The first kappa shape index (κ1) is 13.2. The van der Waals surface area contributed by atoms with Gasteiger partial charge in [-0.3, -0.25) is 0 Å². The maximum atomic E-state index is 9.93. The van der Waals surface area contributed by atoms with Crippen LogP contribution in [0.2, 0.25) is 0 Å². The minimum Gasteiger partial charge on any atom is -0.489 e. The highest BCUT2D eigenvalue weighted by molar-refractivity contribution is 6.62. The second-order valence-electron chi connectivity index (χ2n) is 4.91. The van der Waals surface area contributed by atoms with Crippen molar-refractivity contribution in [3.05, 3.63) is 59.2 Å². The molecule has 0 unspecified atom stereocenters. The smallest absolute Gasteiger partial charge is 0.489 e. The van der Waals surface area contributed by atoms with Gasteiger partial charge in [-0.1, -0.05) is 43.3 Å². The molecule has 0 amide bonds. The fourth-order valence-electron chi connectivity index (χ4n) is 2.61. The first-order chi connectivity index (χ1) is 9.79. The van der Waals surface area contributed by atoms with E-state index in [1.54, 1.807) is 0 Å². The van der Waals surface area contributed by atoms with Crippen LogP contribution in [0, 0.1) is 0 Å². The molecule has 0 atom stereocenters. The Kier molecular flexibility index (Phi) is 3.76. The maximum Gasteiger partial charge on any atom is 0.492 e. The average Bonchev–Trinajstić information content (AvgIpc) is 2.87. The molecular formula is C16H17BO3. The van der Waals surface area contributed by atoms with Crippen molar-refractivity contribution in [3.8, 4) is 5.75 Å². The molecule has 0 spiro atoms. The molecule has 0 bridgehead atoms. The third kappa shape index (κ3) is 2.44. The summed E-state index contributed by atoms with van der Waals surface area (Å²) in [4.78, 5) is 0. The SMILES string of the molecule is CCc1c(OCc2ccccc2)ccc2c1B(O)OC2. The van der Waals surface area contributed by atoms with Crippen LogP contribution in [0.1, 0.15) is 23.6 Å². The average molecular weight is 268 g/mol. The summed E-state index contributed by atoms with van der Waals surface area (Å²) in [5.74, 6) is 0.833. The van der Waals surface area contributed by atoms with E-state index in [2.05, 4.69) is 6.92 Å². The van der Waals surface area contributed by atoms with Gasteiger partial charge in [0, 0.05) is 0 Å². The molecule has 20 heavy (non-hydrogen) atoms. The van der Waals surface area contributed by atoms with Crippen LogP contribution in [-0.2, 0) is 24.3 Å². The lowest BCUT2D eigenvalue weighted by molar-refractivity contribution is 0.275. The van der Waals surface area contributed by atoms with Gasteiger partial charge in [0.05, 0.1) is 6.61 Å². The maximum absolute atomic E-state index is 9.93. The van der Waals surface area contributed by atoms with Gasteiger partial charge in [0.25, 0.3) is 0 Å². The monoisotopic (exact) mass is 268 g/mol. The zero-order valence-corrected chi connectivity index (χ0v) is 11.5. The van der Waals surface area contributed by atoms with E-state index >= 15 is 0 Å². The topological polar surface area (TPSA) is 38.7 Å². The van der Waals surface area contributed by atoms with E-state index in [4.69, 9.17) is 9.39 Å². The Labute approximate surface area is 119 Å². The van der Waals surface area contributed by atoms with Crippen molar-refractivity contribution in [2.24, 2.45) is 0 Å². The van der Waals surface area contributed by atoms with Gasteiger partial charge in [-0.2, -0.15) is 0 Å². The van der Waals surface area contributed by atoms with Crippen LogP contribution in [-0.4, -0.2) is 12.1 Å². The van der Waals surface area contributed by atoms with E-state index in [1.165, 1.54) is 0 Å². The van der Waals surface area contributed by atoms with Crippen LogP contribution in [0.5, 0.6) is 5.75 Å². The Bertz CT molecular complexity index is 598. The number of rotatable bonds is 4. The summed E-state index contributed by atoms with van der Waals surface area (Å²) in [5, 5.41) is 9.93. The van der Waals surface area contributed by atoms with Crippen LogP contribution in [0.3, 0.4) is 0 Å². The van der Waals surface area contributed by atoms with Crippen molar-refractivity contribution in [2.75, 3.05) is 0 Å². The predicted octanol–water partition coefficient (Wildman–Crippen LogP) is 2.05. The minimum absolute atomic E-state index is 0.475. The van der Waals surface area contributed by atoms with Crippen molar-refractivity contribution < 1.29 is 14.4 Å². The van der Waals surface area contributed by atoms with Crippen LogP contribution in [0.15, 0.2) is 42.5 Å². The Morgan fingerprint density at radius 1 is 1.20 bits per heavy atom. The van der Waals surface area contributed by atoms with E-state index in [1.807, 2.05) is 42.5 Å². The second kappa shape index (κ2) is 5.69. The molecule has 3 nitrogen and oxygen atoms in total. The van der Waals surface area contributed by atoms with Crippen molar-refractivity contribution >= 4 is 12.6 Å². The molecule has 1 aliphatic heterocycles. The van der Waals surface area contributed by atoms with E-state index in [0.29, 0.717) is 13.2 Å². The molecule has 1 aliphatic rings. The summed E-state index contributed by atoms with van der Waals surface area (Å²) in [5.41, 5.74) is 4.12. The molecule has 0 saturated carbocycles. The lowest BCUT2D eigenvalue weighted by Gasteiger charge is -2.14. The van der Waals surface area contributed by atoms with Gasteiger partial charge >= 0.3 is 7.12 Å². The van der Waals surface area contributed by atoms with Crippen LogP contribution >= 0.6 is 0 Å². The highest BCUT2D eigenvalue weighted by Gasteiger charge is 2.31. The summed E-state index contributed by atoms with van der Waals surface area (Å²) in [6.07, 6.45) is 0.813. The van der Waals surface area contributed by atoms with E-state index in [9.17, 15) is 5.02 Å². The molecule has 0 aromatic heterocycles. The molecule has 2 aromatic rings. The highest BCUT2D eigenvalue weighted by atomic mass is 16.5. The zero-order valence-electron chi connectivity index (χ0n) is 11.5. The number of hydrogen-bond acceptors (Lipinski definition) is 3. The molecular weight excluding hydrogens is 251 g/mol. The lowest BCUT2D eigenvalue weighted by Crippen LogP contribution is -2.31. The van der Waals surface area contributed by atoms with Gasteiger partial charge in [0.15, 0.2) is 0 Å². The standard InChI is InChI=1S/C16H17BO3/c1-2-14-15(19-10-12-6-4-3-5-7-12)9-8-13-11-20-17(18)16(13)14/h3-9,18H,2,10-11H2,1H3. The quantitative estimate of drug-likeness (QED) is 0.862. The normalized spacial score (nSPS) is 13.4. The molecule has 0 radical (unpaired) electrons. The number of fused-ring (bicyclic) bond motifs is 1. The number of benzene rings is 2.